The molecular weight excluding hydrogens is 314 g/mol. The zero-order chi connectivity index (χ0) is 13.1. The molecule has 18 heavy (non-hydrogen) atoms. The Balaban J connectivity index is 1.88. The van der Waals surface area contributed by atoms with Crippen molar-refractivity contribution in [3.8, 4) is 0 Å². The number of hydrogen-bond acceptors (Lipinski definition) is 3. The van der Waals surface area contributed by atoms with E-state index < -0.39 is 0 Å². The first-order valence-corrected chi connectivity index (χ1v) is 7.90. The second-order valence-corrected chi connectivity index (χ2v) is 6.79. The second-order valence-electron chi connectivity index (χ2n) is 4.88. The molecule has 100 valence electrons. The van der Waals surface area contributed by atoms with Gasteiger partial charge in [-0.05, 0) is 47.7 Å². The van der Waals surface area contributed by atoms with E-state index in [1.54, 1.807) is 11.3 Å². The van der Waals surface area contributed by atoms with Crippen molar-refractivity contribution in [2.24, 2.45) is 0 Å². The van der Waals surface area contributed by atoms with Crippen LogP contribution in [0.3, 0.4) is 0 Å². The molecule has 0 aliphatic heterocycles. The number of carbonyl (C=O) groups is 1. The molecule has 0 spiro atoms. The molecule has 1 aliphatic carbocycles. The number of likely N-dealkylation sites (N-methyl/N-ethyl adjacent to an activating group) is 1. The minimum absolute atomic E-state index is 0.169. The van der Waals surface area contributed by atoms with Gasteiger partial charge >= 0.3 is 0 Å². The van der Waals surface area contributed by atoms with Crippen molar-refractivity contribution >= 4 is 33.2 Å². The molecule has 1 fully saturated rings. The third-order valence-electron chi connectivity index (χ3n) is 3.55. The van der Waals surface area contributed by atoms with Crippen molar-refractivity contribution < 1.29 is 9.90 Å². The summed E-state index contributed by atoms with van der Waals surface area (Å²) >= 11 is 5.01. The van der Waals surface area contributed by atoms with Crippen molar-refractivity contribution in [3.63, 3.8) is 0 Å². The third-order valence-corrected chi connectivity index (χ3v) is 5.25. The standard InChI is InChI=1S/C13H18BrNO2S/c1-15(10-2-4-11(16)5-3-10)13(17)7-12-6-9(14)8-18-12/h6,8,10-11,16H,2-5,7H2,1H3. The highest BCUT2D eigenvalue weighted by Gasteiger charge is 2.25. The van der Waals surface area contributed by atoms with Crippen molar-refractivity contribution in [1.29, 1.82) is 0 Å². The summed E-state index contributed by atoms with van der Waals surface area (Å²) in [5, 5.41) is 11.5. The first kappa shape index (κ1) is 14.0. The Hall–Kier alpha value is -0.390. The van der Waals surface area contributed by atoms with Gasteiger partial charge in [-0.15, -0.1) is 11.3 Å². The molecule has 5 heteroatoms. The third kappa shape index (κ3) is 3.56. The van der Waals surface area contributed by atoms with Crippen LogP contribution in [0, 0.1) is 0 Å². The van der Waals surface area contributed by atoms with Gasteiger partial charge < -0.3 is 10.0 Å². The molecular formula is C13H18BrNO2S. The van der Waals surface area contributed by atoms with Crippen LogP contribution in [0.25, 0.3) is 0 Å². The molecule has 1 heterocycles. The minimum atomic E-state index is -0.169. The van der Waals surface area contributed by atoms with Gasteiger partial charge in [-0.3, -0.25) is 4.79 Å². The maximum atomic E-state index is 12.2. The molecule has 1 saturated carbocycles. The zero-order valence-electron chi connectivity index (χ0n) is 10.4. The monoisotopic (exact) mass is 331 g/mol. The molecule has 0 bridgehead atoms. The quantitative estimate of drug-likeness (QED) is 0.925. The average molecular weight is 332 g/mol. The van der Waals surface area contributed by atoms with Crippen LogP contribution in [0.5, 0.6) is 0 Å². The summed E-state index contributed by atoms with van der Waals surface area (Å²) < 4.78 is 1.04. The second kappa shape index (κ2) is 6.17. The summed E-state index contributed by atoms with van der Waals surface area (Å²) in [5.41, 5.74) is 0. The van der Waals surface area contributed by atoms with Gasteiger partial charge in [-0.25, -0.2) is 0 Å². The maximum absolute atomic E-state index is 12.2. The lowest BCUT2D eigenvalue weighted by atomic mass is 9.92. The molecule has 0 unspecified atom stereocenters. The molecule has 1 N–H and O–H groups in total. The molecule has 2 rings (SSSR count). The van der Waals surface area contributed by atoms with Gasteiger partial charge in [-0.2, -0.15) is 0 Å². The predicted molar refractivity (Wildman–Crippen MR) is 76.8 cm³/mol. The van der Waals surface area contributed by atoms with Crippen LogP contribution in [0.4, 0.5) is 0 Å². The maximum Gasteiger partial charge on any atom is 0.227 e. The van der Waals surface area contributed by atoms with Gasteiger partial charge in [0.05, 0.1) is 12.5 Å². The molecule has 0 saturated heterocycles. The molecule has 1 amide bonds. The Bertz CT molecular complexity index is 413. The average Bonchev–Trinajstić information content (AvgIpc) is 2.75. The lowest BCUT2D eigenvalue weighted by Gasteiger charge is -2.33. The number of nitrogens with zero attached hydrogens (tertiary/aromatic N) is 1. The Labute approximate surface area is 120 Å². The molecule has 0 radical (unpaired) electrons. The van der Waals surface area contributed by atoms with E-state index in [0.717, 1.165) is 35.0 Å². The first-order valence-electron chi connectivity index (χ1n) is 6.23. The van der Waals surface area contributed by atoms with Crippen LogP contribution in [0.2, 0.25) is 0 Å². The summed E-state index contributed by atoms with van der Waals surface area (Å²) in [7, 11) is 1.88. The van der Waals surface area contributed by atoms with Crippen LogP contribution in [0.15, 0.2) is 15.9 Å². The largest absolute Gasteiger partial charge is 0.393 e. The van der Waals surface area contributed by atoms with Crippen molar-refractivity contribution in [3.05, 3.63) is 20.8 Å². The number of aliphatic hydroxyl groups is 1. The number of carbonyl (C=O) groups excluding carboxylic acids is 1. The predicted octanol–water partition coefficient (Wildman–Crippen LogP) is 2.82. The normalized spacial score (nSPS) is 23.9. The van der Waals surface area contributed by atoms with E-state index in [0.29, 0.717) is 12.5 Å². The molecule has 1 aromatic rings. The summed E-state index contributed by atoms with van der Waals surface area (Å²) in [6.45, 7) is 0. The molecule has 3 nitrogen and oxygen atoms in total. The summed E-state index contributed by atoms with van der Waals surface area (Å²) in [4.78, 5) is 15.1. The fourth-order valence-electron chi connectivity index (χ4n) is 2.37. The lowest BCUT2D eigenvalue weighted by Crippen LogP contribution is -2.40. The highest BCUT2D eigenvalue weighted by molar-refractivity contribution is 9.10. The van der Waals surface area contributed by atoms with Crippen LogP contribution in [-0.4, -0.2) is 35.1 Å². The SMILES string of the molecule is CN(C(=O)Cc1cc(Br)cs1)C1CCC(O)CC1. The number of hydrogen-bond donors (Lipinski definition) is 1. The van der Waals surface area contributed by atoms with Gasteiger partial charge in [0.25, 0.3) is 0 Å². The molecule has 0 atom stereocenters. The van der Waals surface area contributed by atoms with E-state index in [1.807, 2.05) is 23.4 Å². The molecule has 1 aromatic heterocycles. The van der Waals surface area contributed by atoms with Crippen LogP contribution < -0.4 is 0 Å². The Morgan fingerprint density at radius 3 is 2.72 bits per heavy atom. The smallest absolute Gasteiger partial charge is 0.227 e. The lowest BCUT2D eigenvalue weighted by molar-refractivity contribution is -0.132. The fourth-order valence-corrected chi connectivity index (χ4v) is 3.81. The zero-order valence-corrected chi connectivity index (χ0v) is 12.8. The van der Waals surface area contributed by atoms with Gasteiger partial charge in [0.15, 0.2) is 0 Å². The van der Waals surface area contributed by atoms with Crippen molar-refractivity contribution in [2.75, 3.05) is 7.05 Å². The molecule has 1 aliphatic rings. The van der Waals surface area contributed by atoms with E-state index in [1.165, 1.54) is 0 Å². The van der Waals surface area contributed by atoms with E-state index >= 15 is 0 Å². The van der Waals surface area contributed by atoms with E-state index in [9.17, 15) is 9.90 Å². The van der Waals surface area contributed by atoms with Gasteiger partial charge in [0.1, 0.15) is 0 Å². The van der Waals surface area contributed by atoms with Gasteiger partial charge in [-0.1, -0.05) is 0 Å². The van der Waals surface area contributed by atoms with Crippen LogP contribution >= 0.6 is 27.3 Å². The number of rotatable bonds is 3. The highest BCUT2D eigenvalue weighted by Crippen LogP contribution is 2.24. The van der Waals surface area contributed by atoms with Crippen molar-refractivity contribution in [1.82, 2.24) is 4.90 Å². The van der Waals surface area contributed by atoms with Crippen LogP contribution in [-0.2, 0) is 11.2 Å². The van der Waals surface area contributed by atoms with Crippen LogP contribution in [0.1, 0.15) is 30.6 Å². The van der Waals surface area contributed by atoms with Crippen molar-refractivity contribution in [2.45, 2.75) is 44.2 Å². The number of thiophene rings is 1. The Morgan fingerprint density at radius 1 is 1.50 bits per heavy atom. The summed E-state index contributed by atoms with van der Waals surface area (Å²) in [5.74, 6) is 0.172. The Kier molecular flexibility index (Phi) is 4.81. The topological polar surface area (TPSA) is 40.5 Å². The number of amides is 1. The van der Waals surface area contributed by atoms with E-state index in [2.05, 4.69) is 15.9 Å². The minimum Gasteiger partial charge on any atom is -0.393 e. The summed E-state index contributed by atoms with van der Waals surface area (Å²) in [6.07, 6.45) is 3.76. The Morgan fingerprint density at radius 2 is 2.17 bits per heavy atom. The highest BCUT2D eigenvalue weighted by atomic mass is 79.9. The number of halogens is 1. The van der Waals surface area contributed by atoms with E-state index in [4.69, 9.17) is 0 Å². The van der Waals surface area contributed by atoms with Gasteiger partial charge in [0.2, 0.25) is 5.91 Å². The van der Waals surface area contributed by atoms with Gasteiger partial charge in [0, 0.05) is 27.8 Å². The fraction of sp³-hybridized carbons (Fsp3) is 0.615. The molecule has 0 aromatic carbocycles. The summed E-state index contributed by atoms with van der Waals surface area (Å²) in [6, 6.07) is 2.30. The van der Waals surface area contributed by atoms with E-state index in [-0.39, 0.29) is 12.0 Å². The number of aliphatic hydroxyl groups excluding tert-OH is 1. The first-order chi connectivity index (χ1) is 8.56.